The first-order chi connectivity index (χ1) is 16.7. The molecular weight excluding hydrogens is 450 g/mol. The molecule has 8 nitrogen and oxygen atoms in total. The van der Waals surface area contributed by atoms with Crippen LogP contribution in [0.5, 0.6) is 0 Å². The van der Waals surface area contributed by atoms with Crippen LogP contribution in [0, 0.1) is 0 Å². The maximum Gasteiger partial charge on any atom is 0.317 e. The first kappa shape index (κ1) is 24.4. The van der Waals surface area contributed by atoms with Gasteiger partial charge in [0.2, 0.25) is 0 Å². The highest BCUT2D eigenvalue weighted by molar-refractivity contribution is 7.12. The summed E-state index contributed by atoms with van der Waals surface area (Å²) in [5.41, 5.74) is 1.95. The SMILES string of the molecule is CCCNC(=O)N(CCN1CCOCC1)CC(=O)N1N=C(c2cccs2)C[C@H]1c1ccccc1. The van der Waals surface area contributed by atoms with Crippen LogP contribution in [0.25, 0.3) is 0 Å². The Balaban J connectivity index is 1.50. The van der Waals surface area contributed by atoms with Crippen LogP contribution in [-0.2, 0) is 9.53 Å². The van der Waals surface area contributed by atoms with Gasteiger partial charge in [0.25, 0.3) is 5.91 Å². The Labute approximate surface area is 205 Å². The quantitative estimate of drug-likeness (QED) is 0.594. The van der Waals surface area contributed by atoms with Gasteiger partial charge in [0.1, 0.15) is 6.54 Å². The molecule has 1 aromatic carbocycles. The van der Waals surface area contributed by atoms with E-state index in [1.807, 2.05) is 54.8 Å². The predicted octanol–water partition coefficient (Wildman–Crippen LogP) is 3.18. The molecule has 2 aliphatic heterocycles. The van der Waals surface area contributed by atoms with Crippen LogP contribution in [0.15, 0.2) is 52.9 Å². The molecule has 1 atom stereocenters. The van der Waals surface area contributed by atoms with Gasteiger partial charge < -0.3 is 15.0 Å². The molecule has 34 heavy (non-hydrogen) atoms. The van der Waals surface area contributed by atoms with Crippen LogP contribution >= 0.6 is 11.3 Å². The molecule has 1 fully saturated rings. The third-order valence-electron chi connectivity index (χ3n) is 6.09. The monoisotopic (exact) mass is 483 g/mol. The molecule has 3 heterocycles. The van der Waals surface area contributed by atoms with Gasteiger partial charge in [0.15, 0.2) is 0 Å². The Bertz CT molecular complexity index is 960. The molecule has 182 valence electrons. The first-order valence-corrected chi connectivity index (χ1v) is 12.8. The molecule has 9 heteroatoms. The number of nitrogens with one attached hydrogen (secondary N) is 1. The number of rotatable bonds is 9. The van der Waals surface area contributed by atoms with Gasteiger partial charge in [-0.1, -0.05) is 43.3 Å². The molecule has 0 saturated carbocycles. The zero-order valence-electron chi connectivity index (χ0n) is 19.7. The minimum atomic E-state index is -0.207. The zero-order chi connectivity index (χ0) is 23.8. The number of hydrazone groups is 1. The molecule has 0 bridgehead atoms. The second kappa shape index (κ2) is 12.1. The van der Waals surface area contributed by atoms with Crippen molar-refractivity contribution in [2.24, 2.45) is 5.10 Å². The highest BCUT2D eigenvalue weighted by Gasteiger charge is 2.34. The number of hydrogen-bond acceptors (Lipinski definition) is 6. The lowest BCUT2D eigenvalue weighted by Crippen LogP contribution is -2.49. The smallest absolute Gasteiger partial charge is 0.317 e. The van der Waals surface area contributed by atoms with E-state index in [-0.39, 0.29) is 24.5 Å². The Morgan fingerprint density at radius 1 is 1.18 bits per heavy atom. The van der Waals surface area contributed by atoms with Crippen LogP contribution in [0.4, 0.5) is 4.79 Å². The average molecular weight is 484 g/mol. The first-order valence-electron chi connectivity index (χ1n) is 12.0. The Morgan fingerprint density at radius 3 is 2.68 bits per heavy atom. The van der Waals surface area contributed by atoms with Crippen LogP contribution in [0.1, 0.15) is 36.2 Å². The number of hydrogen-bond donors (Lipinski definition) is 1. The van der Waals surface area contributed by atoms with Gasteiger partial charge in [-0.15, -0.1) is 11.3 Å². The molecule has 0 aliphatic carbocycles. The number of benzene rings is 1. The summed E-state index contributed by atoms with van der Waals surface area (Å²) in [6.07, 6.45) is 1.50. The van der Waals surface area contributed by atoms with E-state index in [0.717, 1.165) is 35.7 Å². The fourth-order valence-corrected chi connectivity index (χ4v) is 4.91. The van der Waals surface area contributed by atoms with E-state index in [9.17, 15) is 9.59 Å². The fourth-order valence-electron chi connectivity index (χ4n) is 4.19. The largest absolute Gasteiger partial charge is 0.379 e. The minimum Gasteiger partial charge on any atom is -0.379 e. The van der Waals surface area contributed by atoms with Gasteiger partial charge in [-0.25, -0.2) is 9.80 Å². The number of carbonyl (C=O) groups is 2. The van der Waals surface area contributed by atoms with Crippen molar-refractivity contribution in [3.8, 4) is 0 Å². The van der Waals surface area contributed by atoms with Crippen LogP contribution < -0.4 is 5.32 Å². The second-order valence-corrected chi connectivity index (χ2v) is 9.45. The van der Waals surface area contributed by atoms with E-state index in [2.05, 4.69) is 10.2 Å². The topological polar surface area (TPSA) is 77.5 Å². The number of carbonyl (C=O) groups excluding carboxylic acids is 2. The van der Waals surface area contributed by atoms with E-state index >= 15 is 0 Å². The summed E-state index contributed by atoms with van der Waals surface area (Å²) < 4.78 is 5.42. The average Bonchev–Trinajstić information content (AvgIpc) is 3.56. The molecule has 1 saturated heterocycles. The number of ether oxygens (including phenoxy) is 1. The van der Waals surface area contributed by atoms with Crippen LogP contribution in [0.2, 0.25) is 0 Å². The maximum atomic E-state index is 13.6. The van der Waals surface area contributed by atoms with Crippen molar-refractivity contribution in [2.45, 2.75) is 25.8 Å². The van der Waals surface area contributed by atoms with Gasteiger partial charge in [-0.05, 0) is 23.4 Å². The number of amides is 3. The Hall–Kier alpha value is -2.75. The Morgan fingerprint density at radius 2 is 1.97 bits per heavy atom. The van der Waals surface area contributed by atoms with Gasteiger partial charge >= 0.3 is 6.03 Å². The maximum absolute atomic E-state index is 13.6. The second-order valence-electron chi connectivity index (χ2n) is 8.50. The summed E-state index contributed by atoms with van der Waals surface area (Å²) >= 11 is 1.62. The van der Waals surface area contributed by atoms with Crippen molar-refractivity contribution >= 4 is 29.0 Å². The van der Waals surface area contributed by atoms with E-state index in [0.29, 0.717) is 39.3 Å². The normalized spacial score (nSPS) is 18.6. The number of nitrogens with zero attached hydrogens (tertiary/aromatic N) is 4. The van der Waals surface area contributed by atoms with Gasteiger partial charge in [-0.3, -0.25) is 9.69 Å². The molecular formula is C25H33N5O3S. The van der Waals surface area contributed by atoms with Crippen molar-refractivity contribution < 1.29 is 14.3 Å². The van der Waals surface area contributed by atoms with E-state index in [1.165, 1.54) is 0 Å². The highest BCUT2D eigenvalue weighted by Crippen LogP contribution is 2.33. The Kier molecular flexibility index (Phi) is 8.67. The van der Waals surface area contributed by atoms with Crippen LogP contribution in [0.3, 0.4) is 0 Å². The standard InChI is InChI=1S/C25H33N5O3S/c1-2-10-26-25(32)29(12-11-28-13-15-33-16-14-28)19-24(31)30-22(20-7-4-3-5-8-20)18-21(27-30)23-9-6-17-34-23/h3-9,17,22H,2,10-16,18-19H2,1H3,(H,26,32)/t22-/m0/s1. The number of thiophene rings is 1. The van der Waals surface area contributed by atoms with Crippen molar-refractivity contribution in [2.75, 3.05) is 52.5 Å². The molecule has 0 radical (unpaired) electrons. The molecule has 2 aliphatic rings. The molecule has 3 amide bonds. The molecule has 1 N–H and O–H groups in total. The minimum absolute atomic E-state index is 0.00948. The molecule has 0 spiro atoms. The van der Waals surface area contributed by atoms with Gasteiger partial charge in [0.05, 0.1) is 29.8 Å². The molecule has 0 unspecified atom stereocenters. The van der Waals surface area contributed by atoms with Crippen LogP contribution in [-0.4, -0.2) is 84.9 Å². The summed E-state index contributed by atoms with van der Waals surface area (Å²) in [6.45, 7) is 6.86. The van der Waals surface area contributed by atoms with Gasteiger partial charge in [-0.2, -0.15) is 5.10 Å². The summed E-state index contributed by atoms with van der Waals surface area (Å²) in [6, 6.07) is 13.6. The van der Waals surface area contributed by atoms with E-state index < -0.39 is 0 Å². The van der Waals surface area contributed by atoms with Crippen molar-refractivity contribution in [3.63, 3.8) is 0 Å². The van der Waals surface area contributed by atoms with Crippen molar-refractivity contribution in [1.29, 1.82) is 0 Å². The lowest BCUT2D eigenvalue weighted by Gasteiger charge is -2.31. The van der Waals surface area contributed by atoms with Crippen molar-refractivity contribution in [1.82, 2.24) is 20.1 Å². The van der Waals surface area contributed by atoms with Gasteiger partial charge in [0, 0.05) is 39.1 Å². The van der Waals surface area contributed by atoms with E-state index in [4.69, 9.17) is 9.84 Å². The molecule has 2 aromatic rings. The number of urea groups is 1. The molecule has 4 rings (SSSR count). The summed E-state index contributed by atoms with van der Waals surface area (Å²) in [5.74, 6) is -0.172. The lowest BCUT2D eigenvalue weighted by molar-refractivity contribution is -0.133. The fraction of sp³-hybridized carbons (Fsp3) is 0.480. The highest BCUT2D eigenvalue weighted by atomic mass is 32.1. The van der Waals surface area contributed by atoms with E-state index in [1.54, 1.807) is 21.2 Å². The summed E-state index contributed by atoms with van der Waals surface area (Å²) in [5, 5.41) is 11.3. The lowest BCUT2D eigenvalue weighted by atomic mass is 10.0. The third-order valence-corrected chi connectivity index (χ3v) is 7.00. The number of morpholine rings is 1. The molecule has 1 aromatic heterocycles. The third kappa shape index (κ3) is 6.22. The van der Waals surface area contributed by atoms with Crippen molar-refractivity contribution in [3.05, 3.63) is 58.3 Å². The zero-order valence-corrected chi connectivity index (χ0v) is 20.5. The summed E-state index contributed by atoms with van der Waals surface area (Å²) in [7, 11) is 0. The predicted molar refractivity (Wildman–Crippen MR) is 134 cm³/mol. The summed E-state index contributed by atoms with van der Waals surface area (Å²) in [4.78, 5) is 31.4.